The van der Waals surface area contributed by atoms with Gasteiger partial charge in [0.15, 0.2) is 0 Å². The molecular weight excluding hydrogens is 650 g/mol. The van der Waals surface area contributed by atoms with Gasteiger partial charge in [-0.15, -0.1) is 49.6 Å². The number of nitrogens with zero attached hydrogens (tertiary/aromatic N) is 5. The summed E-state index contributed by atoms with van der Waals surface area (Å²) in [5, 5.41) is 0.899. The van der Waals surface area contributed by atoms with Crippen molar-refractivity contribution in [1.82, 2.24) is 24.8 Å². The zero-order valence-electron chi connectivity index (χ0n) is 24.0. The molecule has 4 heterocycles. The Balaban J connectivity index is 0.00000176. The summed E-state index contributed by atoms with van der Waals surface area (Å²) in [6.07, 6.45) is 8.49. The Kier molecular flexibility index (Phi) is 14.3. The van der Waals surface area contributed by atoms with Crippen LogP contribution in [0.3, 0.4) is 0 Å². The lowest BCUT2D eigenvalue weighted by Crippen LogP contribution is -2.30. The molecule has 2 aromatic carbocycles. The number of carbonyl (C=O) groups excluding carboxylic acids is 1. The molecule has 0 aliphatic carbocycles. The average molecular weight is 682 g/mol. The Morgan fingerprint density at radius 2 is 1.31 bits per heavy atom. The van der Waals surface area contributed by atoms with Crippen molar-refractivity contribution in [1.29, 1.82) is 0 Å². The molecule has 6 aromatic rings. The molecule has 2 N–H and O–H groups in total. The molecule has 0 saturated heterocycles. The predicted molar refractivity (Wildman–Crippen MR) is 189 cm³/mol. The zero-order chi connectivity index (χ0) is 28.0. The molecule has 0 spiro atoms. The van der Waals surface area contributed by atoms with Gasteiger partial charge in [0.05, 0.1) is 23.4 Å². The lowest BCUT2D eigenvalue weighted by atomic mass is 9.96. The normalized spacial score (nSPS) is 9.98. The van der Waals surface area contributed by atoms with Gasteiger partial charge in [0.25, 0.3) is 5.91 Å². The van der Waals surface area contributed by atoms with Crippen LogP contribution in [-0.4, -0.2) is 30.7 Å². The van der Waals surface area contributed by atoms with Gasteiger partial charge in [-0.2, -0.15) is 0 Å². The van der Waals surface area contributed by atoms with Crippen LogP contribution >= 0.6 is 49.6 Å². The number of amides is 1. The number of rotatable bonds is 8. The maximum absolute atomic E-state index is 13.7. The number of carbonyl (C=O) groups is 1. The lowest BCUT2D eigenvalue weighted by Gasteiger charge is -2.23. The summed E-state index contributed by atoms with van der Waals surface area (Å²) in [5.41, 5.74) is 14.0. The first-order chi connectivity index (χ1) is 20.2. The number of hydrogen-bond donors (Lipinski definition) is 1. The van der Waals surface area contributed by atoms with E-state index in [1.165, 1.54) is 0 Å². The summed E-state index contributed by atoms with van der Waals surface area (Å²) in [5.74, 6) is -0.101. The van der Waals surface area contributed by atoms with Gasteiger partial charge < -0.3 is 10.6 Å². The second kappa shape index (κ2) is 17.4. The van der Waals surface area contributed by atoms with Gasteiger partial charge in [-0.25, -0.2) is 4.98 Å². The molecule has 7 nitrogen and oxygen atoms in total. The van der Waals surface area contributed by atoms with Crippen LogP contribution in [0.25, 0.3) is 33.3 Å². The summed E-state index contributed by atoms with van der Waals surface area (Å²) in [6, 6.07) is 29.8. The van der Waals surface area contributed by atoms with Gasteiger partial charge in [0, 0.05) is 66.2 Å². The number of fused-ring (bicyclic) bond motifs is 1. The number of pyridine rings is 4. The first-order valence-electron chi connectivity index (χ1n) is 13.4. The fourth-order valence-electron chi connectivity index (χ4n) is 4.90. The number of nitrogens with two attached hydrogens (primary N) is 1. The fourth-order valence-corrected chi connectivity index (χ4v) is 4.90. The molecule has 232 valence electrons. The van der Waals surface area contributed by atoms with E-state index in [1.807, 2.05) is 48.5 Å². The molecule has 0 aliphatic rings. The van der Waals surface area contributed by atoms with Crippen LogP contribution in [0, 0.1) is 0 Å². The van der Waals surface area contributed by atoms with Crippen molar-refractivity contribution in [3.63, 3.8) is 0 Å². The highest BCUT2D eigenvalue weighted by Crippen LogP contribution is 2.34. The topological polar surface area (TPSA) is 97.9 Å². The van der Waals surface area contributed by atoms with Gasteiger partial charge in [-0.3, -0.25) is 19.7 Å². The monoisotopic (exact) mass is 680 g/mol. The van der Waals surface area contributed by atoms with Gasteiger partial charge in [0.2, 0.25) is 0 Å². The maximum Gasteiger partial charge on any atom is 0.254 e. The minimum Gasteiger partial charge on any atom is -0.328 e. The third-order valence-corrected chi connectivity index (χ3v) is 7.05. The Morgan fingerprint density at radius 3 is 1.96 bits per heavy atom. The van der Waals surface area contributed by atoms with Crippen LogP contribution < -0.4 is 5.73 Å². The van der Waals surface area contributed by atoms with Gasteiger partial charge in [-0.1, -0.05) is 54.6 Å². The van der Waals surface area contributed by atoms with Crippen molar-refractivity contribution in [2.24, 2.45) is 5.73 Å². The van der Waals surface area contributed by atoms with E-state index in [0.717, 1.165) is 50.1 Å². The molecule has 0 radical (unpaired) electrons. The van der Waals surface area contributed by atoms with Crippen molar-refractivity contribution in [3.05, 3.63) is 144 Å². The van der Waals surface area contributed by atoms with E-state index in [4.69, 9.17) is 15.7 Å². The van der Waals surface area contributed by atoms with Crippen molar-refractivity contribution < 1.29 is 4.79 Å². The van der Waals surface area contributed by atoms with Crippen molar-refractivity contribution in [2.45, 2.75) is 19.6 Å². The van der Waals surface area contributed by atoms with E-state index >= 15 is 0 Å². The molecule has 4 aromatic heterocycles. The molecule has 1 amide bonds. The van der Waals surface area contributed by atoms with Crippen LogP contribution in [0.15, 0.2) is 122 Å². The second-order valence-electron chi connectivity index (χ2n) is 9.73. The third kappa shape index (κ3) is 8.54. The molecular formula is C34H32Cl4N6O. The maximum atomic E-state index is 13.7. The highest BCUT2D eigenvalue weighted by Gasteiger charge is 2.20. The molecule has 0 saturated carbocycles. The molecule has 0 fully saturated rings. The fraction of sp³-hybridized carbons (Fsp3) is 0.0882. The van der Waals surface area contributed by atoms with Crippen molar-refractivity contribution in [3.8, 4) is 22.4 Å². The zero-order valence-corrected chi connectivity index (χ0v) is 27.3. The second-order valence-corrected chi connectivity index (χ2v) is 9.73. The van der Waals surface area contributed by atoms with Crippen LogP contribution in [0.4, 0.5) is 0 Å². The Morgan fingerprint density at radius 1 is 0.667 bits per heavy atom. The SMILES string of the molecule is Cl.Cl.Cl.Cl.NCc1ccc(-c2nc3ccnc(CN(Cc4ccncc4)C(=O)c4ccncc4)c3cc2-c2ccccc2)cc1. The summed E-state index contributed by atoms with van der Waals surface area (Å²) in [4.78, 5) is 33.6. The van der Waals surface area contributed by atoms with Crippen LogP contribution in [-0.2, 0) is 19.6 Å². The van der Waals surface area contributed by atoms with Crippen molar-refractivity contribution in [2.75, 3.05) is 0 Å². The molecule has 6 rings (SSSR count). The van der Waals surface area contributed by atoms with Crippen molar-refractivity contribution >= 4 is 66.4 Å². The Hall–Kier alpha value is -4.11. The molecule has 0 atom stereocenters. The van der Waals surface area contributed by atoms with E-state index in [2.05, 4.69) is 40.3 Å². The standard InChI is InChI=1S/C34H28N6O.4ClH/c35-21-24-6-8-27(9-7-24)33-29(26-4-2-1-3-5-26)20-30-31(39-33)14-19-38-32(30)23-40(22-25-10-15-36-16-11-25)34(41)28-12-17-37-18-13-28;;;;/h1-20H,21-23,35H2;4*1H. The first-order valence-corrected chi connectivity index (χ1v) is 13.4. The van der Waals surface area contributed by atoms with E-state index in [0.29, 0.717) is 25.2 Å². The smallest absolute Gasteiger partial charge is 0.254 e. The molecule has 0 aliphatic heterocycles. The Labute approximate surface area is 287 Å². The lowest BCUT2D eigenvalue weighted by molar-refractivity contribution is 0.0728. The van der Waals surface area contributed by atoms with Gasteiger partial charge in [0.1, 0.15) is 0 Å². The van der Waals surface area contributed by atoms with E-state index < -0.39 is 0 Å². The molecule has 45 heavy (non-hydrogen) atoms. The molecule has 0 unspecified atom stereocenters. The summed E-state index contributed by atoms with van der Waals surface area (Å²) in [7, 11) is 0. The number of benzene rings is 2. The molecule has 0 bridgehead atoms. The van der Waals surface area contributed by atoms with E-state index in [-0.39, 0.29) is 55.5 Å². The predicted octanol–water partition coefficient (Wildman–Crippen LogP) is 7.74. The number of aromatic nitrogens is 4. The van der Waals surface area contributed by atoms with Gasteiger partial charge >= 0.3 is 0 Å². The van der Waals surface area contributed by atoms with Crippen LogP contribution in [0.1, 0.15) is 27.2 Å². The van der Waals surface area contributed by atoms with Crippen LogP contribution in [0.2, 0.25) is 0 Å². The van der Waals surface area contributed by atoms with E-state index in [1.54, 1.807) is 48.0 Å². The van der Waals surface area contributed by atoms with Crippen LogP contribution in [0.5, 0.6) is 0 Å². The average Bonchev–Trinajstić information content (AvgIpc) is 3.05. The minimum atomic E-state index is -0.101. The third-order valence-electron chi connectivity index (χ3n) is 7.05. The Bertz CT molecular complexity index is 1800. The minimum absolute atomic E-state index is 0. The summed E-state index contributed by atoms with van der Waals surface area (Å²) < 4.78 is 0. The summed E-state index contributed by atoms with van der Waals surface area (Å²) in [6.45, 7) is 1.20. The van der Waals surface area contributed by atoms with Gasteiger partial charge in [-0.05, 0) is 53.1 Å². The highest BCUT2D eigenvalue weighted by molar-refractivity contribution is 5.95. The first kappa shape index (κ1) is 37.1. The quantitative estimate of drug-likeness (QED) is 0.177. The number of hydrogen-bond acceptors (Lipinski definition) is 6. The largest absolute Gasteiger partial charge is 0.328 e. The number of halogens is 4. The highest BCUT2D eigenvalue weighted by atomic mass is 35.5. The van der Waals surface area contributed by atoms with E-state index in [9.17, 15) is 4.79 Å². The summed E-state index contributed by atoms with van der Waals surface area (Å²) >= 11 is 0. The molecule has 11 heteroatoms.